The fourth-order valence-corrected chi connectivity index (χ4v) is 2.27. The molecule has 0 aliphatic heterocycles. The van der Waals surface area contributed by atoms with Gasteiger partial charge in [-0.1, -0.05) is 24.3 Å². The number of aliphatic imine (C=N–C) groups is 1. The molecule has 2 aromatic carbocycles. The third kappa shape index (κ3) is 6.08. The van der Waals surface area contributed by atoms with Crippen molar-refractivity contribution < 1.29 is 14.3 Å². The van der Waals surface area contributed by atoms with Crippen LogP contribution in [0.15, 0.2) is 53.5 Å². The summed E-state index contributed by atoms with van der Waals surface area (Å²) in [6.07, 6.45) is 0. The van der Waals surface area contributed by atoms with Crippen LogP contribution in [0.3, 0.4) is 0 Å². The minimum Gasteiger partial charge on any atom is -0.507 e. The van der Waals surface area contributed by atoms with E-state index in [0.717, 1.165) is 5.56 Å². The zero-order valence-corrected chi connectivity index (χ0v) is 14.6. The van der Waals surface area contributed by atoms with E-state index in [1.807, 2.05) is 13.0 Å². The van der Waals surface area contributed by atoms with Crippen molar-refractivity contribution >= 4 is 11.9 Å². The van der Waals surface area contributed by atoms with E-state index in [-0.39, 0.29) is 23.0 Å². The molecule has 0 spiro atoms. The Hall–Kier alpha value is -3.09. The molecule has 0 fully saturated rings. The highest BCUT2D eigenvalue weighted by atomic mass is 19.1. The summed E-state index contributed by atoms with van der Waals surface area (Å²) in [5.74, 6) is -0.106. The molecule has 0 saturated heterocycles. The third-order valence-electron chi connectivity index (χ3n) is 3.50. The van der Waals surface area contributed by atoms with Crippen LogP contribution in [0.4, 0.5) is 4.39 Å². The quantitative estimate of drug-likeness (QED) is 0.347. The molecule has 0 saturated carbocycles. The number of hydrogen-bond donors (Lipinski definition) is 4. The summed E-state index contributed by atoms with van der Waals surface area (Å²) in [5.41, 5.74) is 1.01. The highest BCUT2D eigenvalue weighted by Crippen LogP contribution is 2.14. The molecule has 0 aliphatic carbocycles. The van der Waals surface area contributed by atoms with Gasteiger partial charge >= 0.3 is 0 Å². The SMILES string of the molecule is CCNC(=NCc1cccc(F)c1)NCCNC(=O)c1ccccc1O. The van der Waals surface area contributed by atoms with Crippen LogP contribution in [0, 0.1) is 5.82 Å². The fraction of sp³-hybridized carbons (Fsp3) is 0.263. The molecule has 138 valence electrons. The van der Waals surface area contributed by atoms with Crippen LogP contribution < -0.4 is 16.0 Å². The Kier molecular flexibility index (Phi) is 7.42. The van der Waals surface area contributed by atoms with Gasteiger partial charge in [0.25, 0.3) is 5.91 Å². The largest absolute Gasteiger partial charge is 0.507 e. The van der Waals surface area contributed by atoms with Gasteiger partial charge in [0.2, 0.25) is 0 Å². The Bertz CT molecular complexity index is 765. The van der Waals surface area contributed by atoms with Crippen molar-refractivity contribution in [1.29, 1.82) is 0 Å². The van der Waals surface area contributed by atoms with Crippen LogP contribution in [-0.4, -0.2) is 36.6 Å². The average molecular weight is 358 g/mol. The first-order valence-electron chi connectivity index (χ1n) is 8.43. The normalized spacial score (nSPS) is 11.1. The standard InChI is InChI=1S/C19H23FN4O2/c1-2-21-19(24-13-14-6-5-7-15(20)12-14)23-11-10-22-18(26)16-8-3-4-9-17(16)25/h3-9,12,25H,2,10-11,13H2,1H3,(H,22,26)(H2,21,23,24). The van der Waals surface area contributed by atoms with Gasteiger partial charge in [-0.05, 0) is 36.8 Å². The Morgan fingerprint density at radius 1 is 1.08 bits per heavy atom. The number of phenols is 1. The third-order valence-corrected chi connectivity index (χ3v) is 3.50. The van der Waals surface area contributed by atoms with Gasteiger partial charge in [-0.3, -0.25) is 4.79 Å². The molecular weight excluding hydrogens is 335 g/mol. The number of carbonyl (C=O) groups excluding carboxylic acids is 1. The summed E-state index contributed by atoms with van der Waals surface area (Å²) in [7, 11) is 0. The maximum atomic E-state index is 13.2. The molecule has 6 nitrogen and oxygen atoms in total. The number of para-hydroxylation sites is 1. The molecule has 0 heterocycles. The van der Waals surface area contributed by atoms with Crippen LogP contribution in [0.1, 0.15) is 22.8 Å². The van der Waals surface area contributed by atoms with Gasteiger partial charge in [0.05, 0.1) is 12.1 Å². The molecule has 7 heteroatoms. The van der Waals surface area contributed by atoms with E-state index in [0.29, 0.717) is 32.1 Å². The predicted octanol–water partition coefficient (Wildman–Crippen LogP) is 2.02. The highest BCUT2D eigenvalue weighted by molar-refractivity contribution is 5.96. The van der Waals surface area contributed by atoms with E-state index in [2.05, 4.69) is 20.9 Å². The van der Waals surface area contributed by atoms with E-state index in [9.17, 15) is 14.3 Å². The average Bonchev–Trinajstić information content (AvgIpc) is 2.63. The molecule has 26 heavy (non-hydrogen) atoms. The second-order valence-corrected chi connectivity index (χ2v) is 5.52. The van der Waals surface area contributed by atoms with Crippen LogP contribution in [-0.2, 0) is 6.54 Å². The van der Waals surface area contributed by atoms with Gasteiger partial charge in [-0.25, -0.2) is 9.38 Å². The number of benzene rings is 2. The summed E-state index contributed by atoms with van der Waals surface area (Å²) in [4.78, 5) is 16.4. The number of nitrogens with one attached hydrogen (secondary N) is 3. The first-order chi connectivity index (χ1) is 12.6. The van der Waals surface area contributed by atoms with E-state index >= 15 is 0 Å². The number of guanidine groups is 1. The Morgan fingerprint density at radius 2 is 1.85 bits per heavy atom. The highest BCUT2D eigenvalue weighted by Gasteiger charge is 2.09. The van der Waals surface area contributed by atoms with Crippen molar-refractivity contribution in [2.45, 2.75) is 13.5 Å². The van der Waals surface area contributed by atoms with Crippen molar-refractivity contribution in [3.8, 4) is 5.75 Å². The molecule has 0 radical (unpaired) electrons. The van der Waals surface area contributed by atoms with Crippen molar-refractivity contribution in [2.75, 3.05) is 19.6 Å². The van der Waals surface area contributed by atoms with Crippen LogP contribution in [0.2, 0.25) is 0 Å². The van der Waals surface area contributed by atoms with E-state index in [1.54, 1.807) is 24.3 Å². The monoisotopic (exact) mass is 358 g/mol. The summed E-state index contributed by atoms with van der Waals surface area (Å²) in [6, 6.07) is 12.7. The zero-order valence-electron chi connectivity index (χ0n) is 14.6. The summed E-state index contributed by atoms with van der Waals surface area (Å²) in [5, 5.41) is 18.6. The summed E-state index contributed by atoms with van der Waals surface area (Å²) >= 11 is 0. The first-order valence-corrected chi connectivity index (χ1v) is 8.43. The molecule has 0 bridgehead atoms. The minimum absolute atomic E-state index is 0.0528. The number of amides is 1. The van der Waals surface area contributed by atoms with Gasteiger partial charge in [-0.15, -0.1) is 0 Å². The smallest absolute Gasteiger partial charge is 0.255 e. The number of aromatic hydroxyl groups is 1. The molecule has 0 aliphatic rings. The van der Waals surface area contributed by atoms with Gasteiger partial charge < -0.3 is 21.1 Å². The second kappa shape index (κ2) is 10.0. The molecule has 0 unspecified atom stereocenters. The second-order valence-electron chi connectivity index (χ2n) is 5.52. The minimum atomic E-state index is -0.341. The number of hydrogen-bond acceptors (Lipinski definition) is 3. The van der Waals surface area contributed by atoms with Crippen LogP contribution in [0.5, 0.6) is 5.75 Å². The maximum absolute atomic E-state index is 13.2. The van der Waals surface area contributed by atoms with E-state index < -0.39 is 0 Å². The molecule has 2 aromatic rings. The topological polar surface area (TPSA) is 85.8 Å². The van der Waals surface area contributed by atoms with E-state index in [1.165, 1.54) is 18.2 Å². The number of halogens is 1. The molecule has 0 atom stereocenters. The van der Waals surface area contributed by atoms with Gasteiger partial charge in [0.1, 0.15) is 11.6 Å². The van der Waals surface area contributed by atoms with Crippen molar-refractivity contribution in [1.82, 2.24) is 16.0 Å². The fourth-order valence-electron chi connectivity index (χ4n) is 2.27. The number of carbonyl (C=O) groups is 1. The Balaban J connectivity index is 1.82. The van der Waals surface area contributed by atoms with Crippen LogP contribution >= 0.6 is 0 Å². The molecule has 2 rings (SSSR count). The van der Waals surface area contributed by atoms with Crippen molar-refractivity contribution in [3.63, 3.8) is 0 Å². The molecular formula is C19H23FN4O2. The predicted molar refractivity (Wildman–Crippen MR) is 99.7 cm³/mol. The lowest BCUT2D eigenvalue weighted by atomic mass is 10.2. The lowest BCUT2D eigenvalue weighted by molar-refractivity contribution is 0.0951. The molecule has 4 N–H and O–H groups in total. The zero-order chi connectivity index (χ0) is 18.8. The number of phenolic OH excluding ortho intramolecular Hbond substituents is 1. The van der Waals surface area contributed by atoms with Gasteiger partial charge in [-0.2, -0.15) is 0 Å². The Labute approximate surface area is 152 Å². The van der Waals surface area contributed by atoms with Crippen molar-refractivity contribution in [3.05, 3.63) is 65.5 Å². The molecule has 0 aromatic heterocycles. The van der Waals surface area contributed by atoms with Crippen LogP contribution in [0.25, 0.3) is 0 Å². The number of nitrogens with zero attached hydrogens (tertiary/aromatic N) is 1. The first kappa shape index (κ1) is 19.2. The summed E-state index contributed by atoms with van der Waals surface area (Å²) < 4.78 is 13.2. The maximum Gasteiger partial charge on any atom is 0.255 e. The molecule has 1 amide bonds. The number of rotatable bonds is 7. The lowest BCUT2D eigenvalue weighted by Gasteiger charge is -2.12. The van der Waals surface area contributed by atoms with E-state index in [4.69, 9.17) is 0 Å². The Morgan fingerprint density at radius 3 is 2.58 bits per heavy atom. The van der Waals surface area contributed by atoms with Gasteiger partial charge in [0, 0.05) is 19.6 Å². The van der Waals surface area contributed by atoms with Crippen molar-refractivity contribution in [2.24, 2.45) is 4.99 Å². The summed E-state index contributed by atoms with van der Waals surface area (Å²) in [6.45, 7) is 3.78. The lowest BCUT2D eigenvalue weighted by Crippen LogP contribution is -2.41. The van der Waals surface area contributed by atoms with Gasteiger partial charge in [0.15, 0.2) is 5.96 Å².